The number of carbonyl (C=O) groups excluding carboxylic acids is 1. The van der Waals surface area contributed by atoms with Gasteiger partial charge in [-0.05, 0) is 19.3 Å². The third-order valence-electron chi connectivity index (χ3n) is 2.91. The van der Waals surface area contributed by atoms with Gasteiger partial charge in [0.1, 0.15) is 0 Å². The molecule has 0 radical (unpaired) electrons. The van der Waals surface area contributed by atoms with Gasteiger partial charge >= 0.3 is 5.97 Å². The molecule has 15 heavy (non-hydrogen) atoms. The molecule has 1 saturated carbocycles. The first-order valence-corrected chi connectivity index (χ1v) is 6.01. The molecule has 0 saturated heterocycles. The van der Waals surface area contributed by atoms with Gasteiger partial charge in [-0.15, -0.1) is 0 Å². The lowest BCUT2D eigenvalue weighted by molar-refractivity contribution is -0.141. The Bertz CT molecular complexity index is 172. The van der Waals surface area contributed by atoms with Crippen LogP contribution in [0.2, 0.25) is 0 Å². The summed E-state index contributed by atoms with van der Waals surface area (Å²) in [5.74, 6) is -0.139. The van der Waals surface area contributed by atoms with E-state index < -0.39 is 0 Å². The molecule has 0 amide bonds. The minimum absolute atomic E-state index is 0.139. The van der Waals surface area contributed by atoms with Gasteiger partial charge < -0.3 is 9.47 Å². The van der Waals surface area contributed by atoms with Gasteiger partial charge in [0, 0.05) is 13.0 Å². The zero-order valence-electron chi connectivity index (χ0n) is 9.67. The maximum Gasteiger partial charge on any atom is 0.305 e. The fourth-order valence-electron chi connectivity index (χ4n) is 1.98. The van der Waals surface area contributed by atoms with Crippen LogP contribution in [-0.4, -0.2) is 25.8 Å². The number of methoxy groups -OCH3 is 1. The third kappa shape index (κ3) is 5.78. The number of hydrogen-bond donors (Lipinski definition) is 0. The summed E-state index contributed by atoms with van der Waals surface area (Å²) in [6.45, 7) is 0.694. The Kier molecular flexibility index (Phi) is 6.41. The highest BCUT2D eigenvalue weighted by Crippen LogP contribution is 2.19. The van der Waals surface area contributed by atoms with Gasteiger partial charge in [0.15, 0.2) is 0 Å². The van der Waals surface area contributed by atoms with Crippen molar-refractivity contribution in [3.8, 4) is 0 Å². The summed E-state index contributed by atoms with van der Waals surface area (Å²) in [7, 11) is 1.43. The normalized spacial score (nSPS) is 18.5. The molecule has 0 aromatic heterocycles. The van der Waals surface area contributed by atoms with E-state index >= 15 is 0 Å². The minimum atomic E-state index is -0.139. The van der Waals surface area contributed by atoms with Crippen molar-refractivity contribution in [2.24, 2.45) is 0 Å². The van der Waals surface area contributed by atoms with Crippen LogP contribution < -0.4 is 0 Å². The molecule has 3 heteroatoms. The smallest absolute Gasteiger partial charge is 0.305 e. The summed E-state index contributed by atoms with van der Waals surface area (Å²) >= 11 is 0. The molecule has 0 aromatic rings. The summed E-state index contributed by atoms with van der Waals surface area (Å²) in [6, 6.07) is 0. The Balaban J connectivity index is 2.00. The Morgan fingerprint density at radius 2 is 1.87 bits per heavy atom. The number of esters is 1. The average molecular weight is 214 g/mol. The van der Waals surface area contributed by atoms with Crippen molar-refractivity contribution < 1.29 is 14.3 Å². The van der Waals surface area contributed by atoms with Gasteiger partial charge in [-0.3, -0.25) is 4.79 Å². The largest absolute Gasteiger partial charge is 0.469 e. The number of carbonyl (C=O) groups is 1. The maximum atomic E-state index is 10.8. The zero-order chi connectivity index (χ0) is 10.9. The van der Waals surface area contributed by atoms with Crippen LogP contribution in [-0.2, 0) is 14.3 Å². The van der Waals surface area contributed by atoms with Crippen LogP contribution in [0.4, 0.5) is 0 Å². The van der Waals surface area contributed by atoms with Crippen molar-refractivity contribution in [1.82, 2.24) is 0 Å². The summed E-state index contributed by atoms with van der Waals surface area (Å²) < 4.78 is 10.3. The highest BCUT2D eigenvalue weighted by atomic mass is 16.5. The van der Waals surface area contributed by atoms with E-state index in [0.717, 1.165) is 6.42 Å². The lowest BCUT2D eigenvalue weighted by Gasteiger charge is -2.14. The van der Waals surface area contributed by atoms with Gasteiger partial charge in [-0.1, -0.05) is 25.7 Å². The van der Waals surface area contributed by atoms with Gasteiger partial charge in [0.05, 0.1) is 13.2 Å². The molecule has 0 spiro atoms. The van der Waals surface area contributed by atoms with E-state index in [0.29, 0.717) is 19.1 Å². The minimum Gasteiger partial charge on any atom is -0.469 e. The van der Waals surface area contributed by atoms with Crippen molar-refractivity contribution in [2.45, 2.75) is 57.5 Å². The summed E-state index contributed by atoms with van der Waals surface area (Å²) in [4.78, 5) is 10.8. The average Bonchev–Trinajstić information content (AvgIpc) is 2.52. The van der Waals surface area contributed by atoms with Crippen LogP contribution in [0.5, 0.6) is 0 Å². The summed E-state index contributed by atoms with van der Waals surface area (Å²) in [5.41, 5.74) is 0. The maximum absolute atomic E-state index is 10.8. The molecule has 3 nitrogen and oxygen atoms in total. The van der Waals surface area contributed by atoms with Crippen LogP contribution in [0.3, 0.4) is 0 Å². The molecule has 0 bridgehead atoms. The fourth-order valence-corrected chi connectivity index (χ4v) is 1.98. The van der Waals surface area contributed by atoms with E-state index in [2.05, 4.69) is 4.74 Å². The van der Waals surface area contributed by atoms with E-state index in [1.165, 1.54) is 45.6 Å². The molecular formula is C12H22O3. The van der Waals surface area contributed by atoms with Crippen LogP contribution in [0.15, 0.2) is 0 Å². The van der Waals surface area contributed by atoms with Crippen molar-refractivity contribution >= 4 is 5.97 Å². The molecule has 0 unspecified atom stereocenters. The van der Waals surface area contributed by atoms with E-state index in [-0.39, 0.29) is 5.97 Å². The van der Waals surface area contributed by atoms with Crippen LogP contribution in [0.25, 0.3) is 0 Å². The fraction of sp³-hybridized carbons (Fsp3) is 0.917. The predicted molar refractivity (Wildman–Crippen MR) is 58.7 cm³/mol. The molecule has 0 N–H and O–H groups in total. The molecule has 0 aliphatic heterocycles. The number of rotatable bonds is 5. The summed E-state index contributed by atoms with van der Waals surface area (Å²) in [6.07, 6.45) is 9.36. The molecule has 88 valence electrons. The first-order valence-electron chi connectivity index (χ1n) is 6.01. The molecule has 0 aromatic carbocycles. The second-order valence-corrected chi connectivity index (χ2v) is 4.16. The standard InChI is InChI=1S/C12H22O3/c1-14-12(13)9-6-10-15-11-7-4-2-3-5-8-11/h11H,2-10H2,1H3. The van der Waals surface area contributed by atoms with Crippen LogP contribution in [0.1, 0.15) is 51.4 Å². The molecule has 1 rings (SSSR count). The van der Waals surface area contributed by atoms with E-state index in [1.807, 2.05) is 0 Å². The van der Waals surface area contributed by atoms with Crippen LogP contribution in [0, 0.1) is 0 Å². The van der Waals surface area contributed by atoms with Crippen molar-refractivity contribution in [1.29, 1.82) is 0 Å². The number of ether oxygens (including phenoxy) is 2. The van der Waals surface area contributed by atoms with Gasteiger partial charge in [0.2, 0.25) is 0 Å². The molecule has 0 atom stereocenters. The second kappa shape index (κ2) is 7.69. The highest BCUT2D eigenvalue weighted by Gasteiger charge is 2.12. The van der Waals surface area contributed by atoms with Gasteiger partial charge in [0.25, 0.3) is 0 Å². The molecule has 1 aliphatic rings. The lowest BCUT2D eigenvalue weighted by Crippen LogP contribution is -2.13. The molecular weight excluding hydrogens is 192 g/mol. The Hall–Kier alpha value is -0.570. The quantitative estimate of drug-likeness (QED) is 0.401. The van der Waals surface area contributed by atoms with Crippen LogP contribution >= 0.6 is 0 Å². The predicted octanol–water partition coefficient (Wildman–Crippen LogP) is 2.68. The van der Waals surface area contributed by atoms with E-state index in [9.17, 15) is 4.79 Å². The zero-order valence-corrected chi connectivity index (χ0v) is 9.67. The van der Waals surface area contributed by atoms with E-state index in [1.54, 1.807) is 0 Å². The molecule has 0 heterocycles. The van der Waals surface area contributed by atoms with E-state index in [4.69, 9.17) is 4.74 Å². The van der Waals surface area contributed by atoms with Crippen molar-refractivity contribution in [2.75, 3.05) is 13.7 Å². The molecule has 1 fully saturated rings. The second-order valence-electron chi connectivity index (χ2n) is 4.16. The number of hydrogen-bond acceptors (Lipinski definition) is 3. The SMILES string of the molecule is COC(=O)CCCOC1CCCCCC1. The Morgan fingerprint density at radius 3 is 2.47 bits per heavy atom. The summed E-state index contributed by atoms with van der Waals surface area (Å²) in [5, 5.41) is 0. The highest BCUT2D eigenvalue weighted by molar-refractivity contribution is 5.68. The topological polar surface area (TPSA) is 35.5 Å². The molecule has 1 aliphatic carbocycles. The van der Waals surface area contributed by atoms with Gasteiger partial charge in [-0.2, -0.15) is 0 Å². The Labute approximate surface area is 92.1 Å². The van der Waals surface area contributed by atoms with Crippen molar-refractivity contribution in [3.05, 3.63) is 0 Å². The third-order valence-corrected chi connectivity index (χ3v) is 2.91. The van der Waals surface area contributed by atoms with Gasteiger partial charge in [-0.25, -0.2) is 0 Å². The monoisotopic (exact) mass is 214 g/mol. The first-order chi connectivity index (χ1) is 7.33. The first kappa shape index (κ1) is 12.5. The van der Waals surface area contributed by atoms with Crippen molar-refractivity contribution in [3.63, 3.8) is 0 Å². The Morgan fingerprint density at radius 1 is 1.20 bits per heavy atom. The lowest BCUT2D eigenvalue weighted by atomic mass is 10.1.